The minimum atomic E-state index is -4.55. The van der Waals surface area contributed by atoms with Crippen LogP contribution in [0.3, 0.4) is 0 Å². The zero-order valence-corrected chi connectivity index (χ0v) is 12.1. The number of halogens is 3. The van der Waals surface area contributed by atoms with Crippen molar-refractivity contribution in [3.8, 4) is 0 Å². The molecular weight excluding hydrogens is 281 g/mol. The molecule has 1 unspecified atom stereocenters. The summed E-state index contributed by atoms with van der Waals surface area (Å²) < 4.78 is 40.4. The molecule has 1 heterocycles. The molecule has 1 aromatic rings. The van der Waals surface area contributed by atoms with Crippen LogP contribution in [0, 0.1) is 12.3 Å². The second kappa shape index (κ2) is 5.67. The summed E-state index contributed by atoms with van der Waals surface area (Å²) in [6, 6.07) is 6.95. The molecule has 0 radical (unpaired) electrons. The van der Waals surface area contributed by atoms with Gasteiger partial charge in [0.05, 0.1) is 0 Å². The van der Waals surface area contributed by atoms with E-state index in [2.05, 4.69) is 5.32 Å². The monoisotopic (exact) mass is 300 g/mol. The normalized spacial score (nSPS) is 22.3. The van der Waals surface area contributed by atoms with Crippen molar-refractivity contribution in [2.45, 2.75) is 26.4 Å². The van der Waals surface area contributed by atoms with Gasteiger partial charge in [0.1, 0.15) is 0 Å². The van der Waals surface area contributed by atoms with Gasteiger partial charge < -0.3 is 10.2 Å². The van der Waals surface area contributed by atoms with Gasteiger partial charge in [-0.3, -0.25) is 4.79 Å². The first-order valence-electron chi connectivity index (χ1n) is 6.98. The van der Waals surface area contributed by atoms with E-state index in [1.807, 2.05) is 6.92 Å². The van der Waals surface area contributed by atoms with Crippen LogP contribution < -0.4 is 10.2 Å². The molecule has 21 heavy (non-hydrogen) atoms. The SMILES string of the molecule is CCN(C(=O)C1(C(F)(F)F)CCNC1)c1ccc(C)cc1. The number of nitrogens with one attached hydrogen (secondary N) is 1. The zero-order chi connectivity index (χ0) is 15.7. The van der Waals surface area contributed by atoms with E-state index in [1.165, 1.54) is 4.90 Å². The number of rotatable bonds is 3. The van der Waals surface area contributed by atoms with Gasteiger partial charge in [-0.25, -0.2) is 0 Å². The molecule has 1 atom stereocenters. The highest BCUT2D eigenvalue weighted by Crippen LogP contribution is 2.45. The molecular formula is C15H19F3N2O. The summed E-state index contributed by atoms with van der Waals surface area (Å²) in [6.07, 6.45) is -4.76. The van der Waals surface area contributed by atoms with Gasteiger partial charge in [0, 0.05) is 18.8 Å². The molecule has 1 fully saturated rings. The number of alkyl halides is 3. The summed E-state index contributed by atoms with van der Waals surface area (Å²) in [5.74, 6) is -0.869. The van der Waals surface area contributed by atoms with Crippen molar-refractivity contribution < 1.29 is 18.0 Å². The van der Waals surface area contributed by atoms with Gasteiger partial charge in [0.2, 0.25) is 5.91 Å². The molecule has 1 aliphatic rings. The number of hydrogen-bond acceptors (Lipinski definition) is 2. The lowest BCUT2D eigenvalue weighted by Gasteiger charge is -2.34. The van der Waals surface area contributed by atoms with Crippen LogP contribution in [0.2, 0.25) is 0 Å². The number of amides is 1. The van der Waals surface area contributed by atoms with E-state index >= 15 is 0 Å². The number of carbonyl (C=O) groups is 1. The summed E-state index contributed by atoms with van der Waals surface area (Å²) in [4.78, 5) is 13.8. The highest BCUT2D eigenvalue weighted by atomic mass is 19.4. The first-order chi connectivity index (χ1) is 9.82. The van der Waals surface area contributed by atoms with Crippen LogP contribution in [0.1, 0.15) is 18.9 Å². The lowest BCUT2D eigenvalue weighted by Crippen LogP contribution is -2.53. The molecule has 1 saturated heterocycles. The molecule has 0 saturated carbocycles. The zero-order valence-electron chi connectivity index (χ0n) is 12.1. The number of nitrogens with zero attached hydrogens (tertiary/aromatic N) is 1. The van der Waals surface area contributed by atoms with Crippen molar-refractivity contribution in [3.05, 3.63) is 29.8 Å². The fourth-order valence-corrected chi connectivity index (χ4v) is 2.66. The third-order valence-electron chi connectivity index (χ3n) is 4.01. The van der Waals surface area contributed by atoms with Gasteiger partial charge in [-0.15, -0.1) is 0 Å². The number of benzene rings is 1. The smallest absolute Gasteiger partial charge is 0.315 e. The molecule has 2 rings (SSSR count). The molecule has 0 spiro atoms. The number of carbonyl (C=O) groups excluding carboxylic acids is 1. The van der Waals surface area contributed by atoms with Crippen LogP contribution in [-0.4, -0.2) is 31.7 Å². The van der Waals surface area contributed by atoms with E-state index in [1.54, 1.807) is 31.2 Å². The molecule has 0 aromatic heterocycles. The Morgan fingerprint density at radius 3 is 2.38 bits per heavy atom. The highest BCUT2D eigenvalue weighted by Gasteiger charge is 2.62. The summed E-state index contributed by atoms with van der Waals surface area (Å²) in [7, 11) is 0. The van der Waals surface area contributed by atoms with E-state index in [0.717, 1.165) is 5.56 Å². The maximum atomic E-state index is 13.5. The molecule has 1 aromatic carbocycles. The van der Waals surface area contributed by atoms with E-state index in [-0.39, 0.29) is 26.1 Å². The molecule has 1 N–H and O–H groups in total. The Kier molecular flexibility index (Phi) is 4.27. The van der Waals surface area contributed by atoms with Crippen molar-refractivity contribution >= 4 is 11.6 Å². The van der Waals surface area contributed by atoms with Crippen LogP contribution in [0.5, 0.6) is 0 Å². The molecule has 0 aliphatic carbocycles. The van der Waals surface area contributed by atoms with E-state index in [0.29, 0.717) is 5.69 Å². The average molecular weight is 300 g/mol. The first kappa shape index (κ1) is 15.8. The van der Waals surface area contributed by atoms with Gasteiger partial charge in [-0.2, -0.15) is 13.2 Å². The van der Waals surface area contributed by atoms with Crippen molar-refractivity contribution in [3.63, 3.8) is 0 Å². The summed E-state index contributed by atoms with van der Waals surface area (Å²) in [5.41, 5.74) is -0.813. The molecule has 1 amide bonds. The number of hydrogen-bond donors (Lipinski definition) is 1. The quantitative estimate of drug-likeness (QED) is 0.931. The average Bonchev–Trinajstić information content (AvgIpc) is 2.92. The molecule has 1 aliphatic heterocycles. The third-order valence-corrected chi connectivity index (χ3v) is 4.01. The predicted octanol–water partition coefficient (Wildman–Crippen LogP) is 2.89. The molecule has 3 nitrogen and oxygen atoms in total. The first-order valence-corrected chi connectivity index (χ1v) is 6.98. The summed E-state index contributed by atoms with van der Waals surface area (Å²) in [6.45, 7) is 3.64. The number of anilines is 1. The van der Waals surface area contributed by atoms with Gasteiger partial charge in [0.25, 0.3) is 0 Å². The second-order valence-corrected chi connectivity index (χ2v) is 5.39. The molecule has 116 valence electrons. The van der Waals surface area contributed by atoms with Crippen LogP contribution in [0.15, 0.2) is 24.3 Å². The Morgan fingerprint density at radius 2 is 1.95 bits per heavy atom. The van der Waals surface area contributed by atoms with Gasteiger partial charge >= 0.3 is 6.18 Å². The Balaban J connectivity index is 2.37. The Hall–Kier alpha value is -1.56. The van der Waals surface area contributed by atoms with Crippen LogP contribution in [0.4, 0.5) is 18.9 Å². The lowest BCUT2D eigenvalue weighted by atomic mass is 9.84. The summed E-state index contributed by atoms with van der Waals surface area (Å²) >= 11 is 0. The van der Waals surface area contributed by atoms with E-state index in [9.17, 15) is 18.0 Å². The van der Waals surface area contributed by atoms with Crippen molar-refractivity contribution in [1.29, 1.82) is 0 Å². The standard InChI is InChI=1S/C15H19F3N2O/c1-3-20(12-6-4-11(2)5-7-12)13(21)14(15(16,17)18)8-9-19-10-14/h4-7,19H,3,8-10H2,1-2H3. The van der Waals surface area contributed by atoms with Crippen molar-refractivity contribution in [1.82, 2.24) is 5.32 Å². The fraction of sp³-hybridized carbons (Fsp3) is 0.533. The fourth-order valence-electron chi connectivity index (χ4n) is 2.66. The summed E-state index contributed by atoms with van der Waals surface area (Å²) in [5, 5.41) is 2.67. The minimum Gasteiger partial charge on any atom is -0.315 e. The van der Waals surface area contributed by atoms with Crippen molar-refractivity contribution in [2.24, 2.45) is 5.41 Å². The van der Waals surface area contributed by atoms with Gasteiger partial charge in [0.15, 0.2) is 5.41 Å². The molecule has 6 heteroatoms. The largest absolute Gasteiger partial charge is 0.404 e. The second-order valence-electron chi connectivity index (χ2n) is 5.39. The topological polar surface area (TPSA) is 32.3 Å². The van der Waals surface area contributed by atoms with Crippen LogP contribution >= 0.6 is 0 Å². The molecule has 0 bridgehead atoms. The lowest BCUT2D eigenvalue weighted by molar-refractivity contribution is -0.214. The Labute approximate surface area is 122 Å². The van der Waals surface area contributed by atoms with E-state index < -0.39 is 17.5 Å². The maximum absolute atomic E-state index is 13.5. The van der Waals surface area contributed by atoms with Gasteiger partial charge in [-0.05, 0) is 38.9 Å². The maximum Gasteiger partial charge on any atom is 0.404 e. The van der Waals surface area contributed by atoms with E-state index in [4.69, 9.17) is 0 Å². The predicted molar refractivity (Wildman–Crippen MR) is 75.2 cm³/mol. The highest BCUT2D eigenvalue weighted by molar-refractivity contribution is 5.98. The number of aryl methyl sites for hydroxylation is 1. The Bertz CT molecular complexity index is 505. The van der Waals surface area contributed by atoms with Crippen LogP contribution in [0.25, 0.3) is 0 Å². The van der Waals surface area contributed by atoms with Gasteiger partial charge in [-0.1, -0.05) is 17.7 Å². The van der Waals surface area contributed by atoms with Crippen molar-refractivity contribution in [2.75, 3.05) is 24.5 Å². The Morgan fingerprint density at radius 1 is 1.33 bits per heavy atom. The van der Waals surface area contributed by atoms with Crippen LogP contribution in [-0.2, 0) is 4.79 Å². The minimum absolute atomic E-state index is 0.205. The third kappa shape index (κ3) is 2.77.